The molecular formula is C22H13Br2NS2. The molecule has 0 saturated heterocycles. The van der Waals surface area contributed by atoms with Crippen molar-refractivity contribution in [1.29, 1.82) is 0 Å². The number of hydrogen-bond acceptors (Lipinski definition) is 3. The van der Waals surface area contributed by atoms with E-state index in [9.17, 15) is 0 Å². The van der Waals surface area contributed by atoms with Gasteiger partial charge in [-0.15, -0.1) is 22.7 Å². The molecule has 0 fully saturated rings. The van der Waals surface area contributed by atoms with Gasteiger partial charge in [-0.05, 0) is 56.1 Å². The van der Waals surface area contributed by atoms with E-state index in [1.54, 1.807) is 22.7 Å². The summed E-state index contributed by atoms with van der Waals surface area (Å²) in [6, 6.07) is 27.7. The number of benzene rings is 3. The molecule has 2 heterocycles. The summed E-state index contributed by atoms with van der Waals surface area (Å²) in [4.78, 5) is 2.37. The van der Waals surface area contributed by atoms with E-state index in [4.69, 9.17) is 0 Å². The lowest BCUT2D eigenvalue weighted by molar-refractivity contribution is 1.32. The molecule has 0 spiro atoms. The van der Waals surface area contributed by atoms with E-state index in [1.807, 2.05) is 0 Å². The van der Waals surface area contributed by atoms with Crippen molar-refractivity contribution in [2.75, 3.05) is 4.90 Å². The van der Waals surface area contributed by atoms with Gasteiger partial charge in [-0.3, -0.25) is 0 Å². The minimum Gasteiger partial charge on any atom is -0.305 e. The minimum absolute atomic E-state index is 1.13. The Morgan fingerprint density at radius 3 is 1.52 bits per heavy atom. The van der Waals surface area contributed by atoms with E-state index >= 15 is 0 Å². The third kappa shape index (κ3) is 2.93. The highest BCUT2D eigenvalue weighted by Gasteiger charge is 2.25. The summed E-state index contributed by atoms with van der Waals surface area (Å²) in [5, 5.41) is 2.50. The maximum absolute atomic E-state index is 3.85. The zero-order valence-corrected chi connectivity index (χ0v) is 18.8. The Kier molecular flexibility index (Phi) is 4.56. The number of para-hydroxylation sites is 1. The van der Waals surface area contributed by atoms with Crippen LogP contribution in [-0.2, 0) is 0 Å². The Morgan fingerprint density at radius 2 is 1.00 bits per heavy atom. The average Bonchev–Trinajstić information content (AvgIpc) is 3.20. The molecule has 0 unspecified atom stereocenters. The van der Waals surface area contributed by atoms with Crippen LogP contribution in [0.4, 0.5) is 17.1 Å². The number of halogens is 2. The van der Waals surface area contributed by atoms with Gasteiger partial charge in [-0.25, -0.2) is 0 Å². The number of fused-ring (bicyclic) bond motifs is 2. The molecule has 0 radical (unpaired) electrons. The third-order valence-electron chi connectivity index (χ3n) is 4.52. The smallest absolute Gasteiger partial charge is 0.0951 e. The SMILES string of the molecule is Brc1sc2ccccc2c1N(c1ccccc1)c1c(Br)sc2ccccc12. The summed E-state index contributed by atoms with van der Waals surface area (Å²) in [6.07, 6.45) is 0. The molecule has 5 rings (SSSR count). The summed E-state index contributed by atoms with van der Waals surface area (Å²) in [6.45, 7) is 0. The molecule has 0 amide bonds. The van der Waals surface area contributed by atoms with Crippen LogP contribution in [0.1, 0.15) is 0 Å². The number of thiophene rings is 2. The monoisotopic (exact) mass is 513 g/mol. The van der Waals surface area contributed by atoms with Crippen LogP contribution in [0.2, 0.25) is 0 Å². The topological polar surface area (TPSA) is 3.24 Å². The summed E-state index contributed by atoms with van der Waals surface area (Å²) in [5.41, 5.74) is 3.52. The van der Waals surface area contributed by atoms with Crippen molar-refractivity contribution in [1.82, 2.24) is 0 Å². The van der Waals surface area contributed by atoms with Gasteiger partial charge < -0.3 is 4.90 Å². The highest BCUT2D eigenvalue weighted by atomic mass is 79.9. The van der Waals surface area contributed by atoms with Gasteiger partial charge in [-0.1, -0.05) is 54.6 Å². The van der Waals surface area contributed by atoms with E-state index in [0.29, 0.717) is 0 Å². The van der Waals surface area contributed by atoms with Gasteiger partial charge in [0.1, 0.15) is 0 Å². The second-order valence-electron chi connectivity index (χ2n) is 6.11. The molecule has 0 bridgehead atoms. The molecule has 3 aromatic carbocycles. The fourth-order valence-electron chi connectivity index (χ4n) is 3.37. The standard InChI is InChI=1S/C22H13Br2NS2/c23-21-19(15-10-4-6-12-17(15)26-21)25(14-8-2-1-3-9-14)20-16-11-5-7-13-18(16)27-22(20)24/h1-13H. The zero-order valence-electron chi connectivity index (χ0n) is 14.0. The van der Waals surface area contributed by atoms with Crippen LogP contribution < -0.4 is 4.90 Å². The maximum Gasteiger partial charge on any atom is 0.0951 e. The van der Waals surface area contributed by atoms with E-state index in [0.717, 1.165) is 13.3 Å². The van der Waals surface area contributed by atoms with Crippen molar-refractivity contribution in [2.24, 2.45) is 0 Å². The van der Waals surface area contributed by atoms with Gasteiger partial charge >= 0.3 is 0 Å². The summed E-state index contributed by atoms with van der Waals surface area (Å²) in [5.74, 6) is 0. The fourth-order valence-corrected chi connectivity index (χ4v) is 7.02. The van der Waals surface area contributed by atoms with Crippen molar-refractivity contribution < 1.29 is 0 Å². The Labute approximate surface area is 182 Å². The molecular weight excluding hydrogens is 502 g/mol. The van der Waals surface area contributed by atoms with Gasteiger partial charge in [0.25, 0.3) is 0 Å². The van der Waals surface area contributed by atoms with Crippen LogP contribution in [0.25, 0.3) is 20.2 Å². The number of hydrogen-bond donors (Lipinski definition) is 0. The molecule has 0 aliphatic heterocycles. The quantitative estimate of drug-likeness (QED) is 0.232. The molecule has 0 N–H and O–H groups in total. The Hall–Kier alpha value is -1.66. The first-order valence-corrected chi connectivity index (χ1v) is 11.6. The molecule has 27 heavy (non-hydrogen) atoms. The third-order valence-corrected chi connectivity index (χ3v) is 8.14. The van der Waals surface area contributed by atoms with E-state index in [1.165, 1.54) is 31.5 Å². The molecule has 0 atom stereocenters. The normalized spacial score (nSPS) is 11.3. The van der Waals surface area contributed by atoms with Crippen LogP contribution in [0, 0.1) is 0 Å². The first kappa shape index (κ1) is 17.4. The Bertz CT molecular complexity index is 1180. The van der Waals surface area contributed by atoms with Gasteiger partial charge in [0.2, 0.25) is 0 Å². The van der Waals surface area contributed by atoms with E-state index < -0.39 is 0 Å². The van der Waals surface area contributed by atoms with Gasteiger partial charge in [0.15, 0.2) is 0 Å². The van der Waals surface area contributed by atoms with Gasteiger partial charge in [0.05, 0.1) is 18.9 Å². The molecule has 0 aliphatic carbocycles. The molecule has 1 nitrogen and oxygen atoms in total. The second-order valence-corrected chi connectivity index (χ2v) is 10.9. The van der Waals surface area contributed by atoms with Gasteiger partial charge in [0, 0.05) is 25.9 Å². The van der Waals surface area contributed by atoms with Crippen LogP contribution >= 0.6 is 54.5 Å². The van der Waals surface area contributed by atoms with Crippen molar-refractivity contribution in [3.8, 4) is 0 Å². The first-order chi connectivity index (χ1) is 13.2. The molecule has 0 aliphatic rings. The summed E-state index contributed by atoms with van der Waals surface area (Å²) in [7, 11) is 0. The van der Waals surface area contributed by atoms with Crippen LogP contribution in [0.3, 0.4) is 0 Å². The lowest BCUT2D eigenvalue weighted by Crippen LogP contribution is -2.09. The maximum atomic E-state index is 3.85. The molecule has 5 heteroatoms. The minimum atomic E-state index is 1.13. The highest BCUT2D eigenvalue weighted by molar-refractivity contribution is 9.11. The second kappa shape index (κ2) is 7.06. The molecule has 2 aromatic heterocycles. The number of rotatable bonds is 3. The zero-order chi connectivity index (χ0) is 18.4. The predicted molar refractivity (Wildman–Crippen MR) is 127 cm³/mol. The predicted octanol–water partition coefficient (Wildman–Crippen LogP) is 9.11. The Morgan fingerprint density at radius 1 is 0.556 bits per heavy atom. The summed E-state index contributed by atoms with van der Waals surface area (Å²) >= 11 is 11.2. The van der Waals surface area contributed by atoms with Crippen LogP contribution in [0.5, 0.6) is 0 Å². The first-order valence-electron chi connectivity index (χ1n) is 8.43. The summed E-state index contributed by atoms with van der Waals surface area (Å²) < 4.78 is 4.82. The molecule has 0 saturated carbocycles. The van der Waals surface area contributed by atoms with E-state index in [-0.39, 0.29) is 0 Å². The van der Waals surface area contributed by atoms with E-state index in [2.05, 4.69) is 116 Å². The Balaban J connectivity index is 1.88. The fraction of sp³-hybridized carbons (Fsp3) is 0. The average molecular weight is 515 g/mol. The highest BCUT2D eigenvalue weighted by Crippen LogP contribution is 2.53. The largest absolute Gasteiger partial charge is 0.305 e. The van der Waals surface area contributed by atoms with Crippen molar-refractivity contribution in [3.05, 3.63) is 86.4 Å². The van der Waals surface area contributed by atoms with Gasteiger partial charge in [-0.2, -0.15) is 0 Å². The van der Waals surface area contributed by atoms with Crippen molar-refractivity contribution >= 4 is 91.8 Å². The molecule has 5 aromatic rings. The number of anilines is 3. The number of nitrogens with zero attached hydrogens (tertiary/aromatic N) is 1. The molecule has 132 valence electrons. The lowest BCUT2D eigenvalue weighted by Gasteiger charge is -2.25. The lowest BCUT2D eigenvalue weighted by atomic mass is 10.1. The van der Waals surface area contributed by atoms with Crippen LogP contribution in [0.15, 0.2) is 86.4 Å². The van der Waals surface area contributed by atoms with Crippen LogP contribution in [-0.4, -0.2) is 0 Å². The van der Waals surface area contributed by atoms with Crippen molar-refractivity contribution in [3.63, 3.8) is 0 Å². The van der Waals surface area contributed by atoms with Crippen molar-refractivity contribution in [2.45, 2.75) is 0 Å².